The third-order valence-corrected chi connectivity index (χ3v) is 17.8. The fraction of sp³-hybridized carbons (Fsp3) is 0.353. The number of aryl methyl sites for hydroxylation is 1. The van der Waals surface area contributed by atoms with Gasteiger partial charge in [0.15, 0.2) is 5.60 Å². The summed E-state index contributed by atoms with van der Waals surface area (Å²) < 4.78 is 16.3. The van der Waals surface area contributed by atoms with Gasteiger partial charge in [-0.25, -0.2) is 0 Å². The molecule has 1 unspecified atom stereocenters. The van der Waals surface area contributed by atoms with Crippen LogP contribution in [0.25, 0.3) is 16.5 Å². The Kier molecular flexibility index (Phi) is 12.5. The Bertz CT molecular complexity index is 2720. The maximum Gasteiger partial charge on any atom is 0.279 e. The standard InChI is InChI=1S/C51H58N6O5Si/c1-34(2)14-13-15-35(3)26-29-56-46-25-20-39(57-49(59)42-19-12-11-18-38(42)31-52-57)30-44(46)51(50(56)60)36(4)48(63(6,7)41-23-21-40(61-5)22-24-41)47(62-51)27-28-55-32-45(53-54-55)43(33-58)37-16-9-8-10-17-37/h8-12,14,16-26,30-32,36,43,47-48,58H,13,15,27-29,33H2,1-7H3/b35-26+/t36-,43?,47+,48-,51+/m0/s1. The number of hydrogen-bond acceptors (Lipinski definition) is 8. The van der Waals surface area contributed by atoms with Gasteiger partial charge >= 0.3 is 0 Å². The minimum absolute atomic E-state index is 0.0216. The highest BCUT2D eigenvalue weighted by atomic mass is 28.3. The number of rotatable bonds is 15. The van der Waals surface area contributed by atoms with E-state index in [9.17, 15) is 9.90 Å². The number of aromatic nitrogens is 5. The van der Waals surface area contributed by atoms with Crippen molar-refractivity contribution in [3.63, 3.8) is 0 Å². The van der Waals surface area contributed by atoms with Gasteiger partial charge < -0.3 is 19.5 Å². The molecular weight excluding hydrogens is 805 g/mol. The number of amides is 1. The summed E-state index contributed by atoms with van der Waals surface area (Å²) in [5.74, 6) is 0.126. The topological polar surface area (TPSA) is 125 Å². The van der Waals surface area contributed by atoms with Crippen molar-refractivity contribution in [2.75, 3.05) is 25.2 Å². The van der Waals surface area contributed by atoms with Crippen molar-refractivity contribution in [2.45, 2.75) is 89.8 Å². The first kappa shape index (κ1) is 43.7. The molecule has 6 aromatic rings. The van der Waals surface area contributed by atoms with Crippen molar-refractivity contribution in [1.29, 1.82) is 0 Å². The molecular formula is C51H58N6O5Si. The zero-order valence-electron chi connectivity index (χ0n) is 37.4. The predicted molar refractivity (Wildman–Crippen MR) is 252 cm³/mol. The van der Waals surface area contributed by atoms with Gasteiger partial charge in [-0.05, 0) is 87.5 Å². The smallest absolute Gasteiger partial charge is 0.279 e. The van der Waals surface area contributed by atoms with Gasteiger partial charge in [0, 0.05) is 36.2 Å². The Balaban J connectivity index is 1.22. The molecule has 0 aliphatic carbocycles. The number of ether oxygens (including phenoxy) is 2. The zero-order valence-corrected chi connectivity index (χ0v) is 38.4. The predicted octanol–water partition coefficient (Wildman–Crippen LogP) is 8.46. The molecule has 1 saturated heterocycles. The van der Waals surface area contributed by atoms with E-state index >= 15 is 4.79 Å². The third-order valence-electron chi connectivity index (χ3n) is 13.4. The van der Waals surface area contributed by atoms with Crippen molar-refractivity contribution in [2.24, 2.45) is 5.92 Å². The van der Waals surface area contributed by atoms with Gasteiger partial charge in [0.25, 0.3) is 11.5 Å². The minimum Gasteiger partial charge on any atom is -0.497 e. The summed E-state index contributed by atoms with van der Waals surface area (Å²) in [4.78, 5) is 31.5. The van der Waals surface area contributed by atoms with Crippen LogP contribution in [0.3, 0.4) is 0 Å². The van der Waals surface area contributed by atoms with Gasteiger partial charge in [-0.2, -0.15) is 9.78 Å². The van der Waals surface area contributed by atoms with Crippen molar-refractivity contribution >= 4 is 35.6 Å². The molecule has 1 spiro atoms. The van der Waals surface area contributed by atoms with E-state index in [1.807, 2.05) is 101 Å². The van der Waals surface area contributed by atoms with E-state index in [-0.39, 0.29) is 41.6 Å². The Labute approximate surface area is 370 Å². The van der Waals surface area contributed by atoms with Crippen LogP contribution in [0.15, 0.2) is 138 Å². The molecule has 8 rings (SSSR count). The van der Waals surface area contributed by atoms with E-state index < -0.39 is 13.7 Å². The summed E-state index contributed by atoms with van der Waals surface area (Å²) in [6.45, 7) is 14.1. The molecule has 0 bridgehead atoms. The molecule has 1 amide bonds. The fourth-order valence-electron chi connectivity index (χ4n) is 9.99. The van der Waals surface area contributed by atoms with E-state index in [1.54, 1.807) is 13.3 Å². The molecule has 12 heteroatoms. The molecule has 0 radical (unpaired) electrons. The molecule has 2 aromatic heterocycles. The lowest BCUT2D eigenvalue weighted by molar-refractivity contribution is -0.145. The maximum absolute atomic E-state index is 15.6. The van der Waals surface area contributed by atoms with Crippen LogP contribution in [-0.4, -0.2) is 70.2 Å². The van der Waals surface area contributed by atoms with Gasteiger partial charge in [-0.3, -0.25) is 14.3 Å². The first-order valence-electron chi connectivity index (χ1n) is 22.0. The van der Waals surface area contributed by atoms with E-state index in [0.717, 1.165) is 40.8 Å². The van der Waals surface area contributed by atoms with Crippen LogP contribution >= 0.6 is 0 Å². The van der Waals surface area contributed by atoms with Crippen LogP contribution in [0.2, 0.25) is 18.6 Å². The Morgan fingerprint density at radius 2 is 1.71 bits per heavy atom. The van der Waals surface area contributed by atoms with Gasteiger partial charge in [0.2, 0.25) is 0 Å². The highest BCUT2D eigenvalue weighted by molar-refractivity contribution is 6.91. The monoisotopic (exact) mass is 862 g/mol. The van der Waals surface area contributed by atoms with Crippen molar-refractivity contribution < 1.29 is 19.4 Å². The summed E-state index contributed by atoms with van der Waals surface area (Å²) in [5, 5.41) is 26.6. The van der Waals surface area contributed by atoms with Crippen LogP contribution in [0, 0.1) is 5.92 Å². The number of carbonyl (C=O) groups excluding carboxylic acids is 1. The lowest BCUT2D eigenvalue weighted by Gasteiger charge is -2.37. The number of anilines is 1. The number of allylic oxidation sites excluding steroid dienone is 3. The van der Waals surface area contributed by atoms with E-state index in [0.29, 0.717) is 36.3 Å². The van der Waals surface area contributed by atoms with E-state index in [2.05, 4.69) is 80.5 Å². The van der Waals surface area contributed by atoms with Crippen LogP contribution in [0.1, 0.15) is 69.7 Å². The Morgan fingerprint density at radius 1 is 0.968 bits per heavy atom. The molecule has 11 nitrogen and oxygen atoms in total. The first-order valence-corrected chi connectivity index (χ1v) is 25.1. The summed E-state index contributed by atoms with van der Waals surface area (Å²) in [6, 6.07) is 31.5. The Morgan fingerprint density at radius 3 is 2.44 bits per heavy atom. The van der Waals surface area contributed by atoms with E-state index in [1.165, 1.54) is 21.0 Å². The molecule has 1 N–H and O–H groups in total. The second-order valence-corrected chi connectivity index (χ2v) is 22.6. The number of carbonyl (C=O) groups is 1. The third kappa shape index (κ3) is 8.23. The van der Waals surface area contributed by atoms with Gasteiger partial charge in [0.1, 0.15) is 5.75 Å². The molecule has 326 valence electrons. The molecule has 2 aliphatic heterocycles. The molecule has 0 saturated carbocycles. The quantitative estimate of drug-likeness (QED) is 0.0806. The summed E-state index contributed by atoms with van der Waals surface area (Å²) in [5.41, 5.74) is 4.65. The number of benzene rings is 4. The van der Waals surface area contributed by atoms with Crippen LogP contribution in [0.4, 0.5) is 5.69 Å². The maximum atomic E-state index is 15.6. The Hall–Kier alpha value is -5.95. The molecule has 1 fully saturated rings. The van der Waals surface area contributed by atoms with Crippen LogP contribution in [-0.2, 0) is 21.7 Å². The van der Waals surface area contributed by atoms with Crippen molar-refractivity contribution in [3.05, 3.63) is 160 Å². The summed E-state index contributed by atoms with van der Waals surface area (Å²) in [7, 11) is -0.794. The lowest BCUT2D eigenvalue weighted by Crippen LogP contribution is -2.52. The number of hydrogen-bond donors (Lipinski definition) is 1. The largest absolute Gasteiger partial charge is 0.497 e. The number of aliphatic hydroxyl groups is 1. The highest BCUT2D eigenvalue weighted by Crippen LogP contribution is 2.60. The van der Waals surface area contributed by atoms with Crippen LogP contribution < -0.4 is 20.4 Å². The SMILES string of the molecule is COc1ccc([Si](C)(C)[C@@H]2[C@@H](CCn3cc(C(CO)c4ccccc4)nn3)O[C@]3(C(=O)N(C/C=C(\C)CCC=C(C)C)c4ccc(-n5ncc6ccccc6c5=O)cc43)[C@H]2C)cc1. The second-order valence-electron chi connectivity index (χ2n) is 17.9. The highest BCUT2D eigenvalue weighted by Gasteiger charge is 2.66. The first-order chi connectivity index (χ1) is 30.4. The van der Waals surface area contributed by atoms with Crippen LogP contribution in [0.5, 0.6) is 5.75 Å². The number of fused-ring (bicyclic) bond motifs is 3. The van der Waals surface area contributed by atoms with Crippen molar-refractivity contribution in [3.8, 4) is 11.4 Å². The molecule has 4 aromatic carbocycles. The lowest BCUT2D eigenvalue weighted by atomic mass is 9.82. The normalized spacial score (nSPS) is 20.4. The average Bonchev–Trinajstić information content (AvgIpc) is 3.95. The summed E-state index contributed by atoms with van der Waals surface area (Å²) >= 11 is 0. The van der Waals surface area contributed by atoms with Crippen molar-refractivity contribution in [1.82, 2.24) is 24.8 Å². The number of methoxy groups -OCH3 is 1. The summed E-state index contributed by atoms with van der Waals surface area (Å²) in [6.07, 6.45) is 10.1. The second kappa shape index (κ2) is 18.0. The molecule has 5 atom stereocenters. The van der Waals surface area contributed by atoms with Gasteiger partial charge in [0.05, 0.1) is 62.5 Å². The molecule has 4 heterocycles. The fourth-order valence-corrected chi connectivity index (χ4v) is 14.1. The van der Waals surface area contributed by atoms with Gasteiger partial charge in [-0.15, -0.1) is 5.10 Å². The minimum atomic E-state index is -2.47. The average molecular weight is 863 g/mol. The zero-order chi connectivity index (χ0) is 44.5. The molecule has 63 heavy (non-hydrogen) atoms. The van der Waals surface area contributed by atoms with E-state index in [4.69, 9.17) is 9.47 Å². The molecule has 2 aliphatic rings. The van der Waals surface area contributed by atoms with Gasteiger partial charge in [-0.1, -0.05) is 114 Å². The number of nitrogens with zero attached hydrogens (tertiary/aromatic N) is 6. The number of aliphatic hydroxyl groups excluding tert-OH is 1.